The second-order valence-corrected chi connectivity index (χ2v) is 6.38. The fourth-order valence-electron chi connectivity index (χ4n) is 3.51. The number of hydrogen-bond donors (Lipinski definition) is 0. The average Bonchev–Trinajstić information content (AvgIpc) is 3.02. The summed E-state index contributed by atoms with van der Waals surface area (Å²) in [5.74, 6) is 2.94. The molecule has 0 aliphatic heterocycles. The van der Waals surface area contributed by atoms with Gasteiger partial charge in [-0.1, -0.05) is 36.3 Å². The number of fused-ring (bicyclic) bond motifs is 1. The van der Waals surface area contributed by atoms with Gasteiger partial charge in [0.25, 0.3) is 0 Å². The zero-order valence-corrected chi connectivity index (χ0v) is 15.9. The molecule has 0 saturated heterocycles. The van der Waals surface area contributed by atoms with Crippen LogP contribution < -0.4 is 9.47 Å². The summed E-state index contributed by atoms with van der Waals surface area (Å²) < 4.78 is 13.5. The molecule has 0 amide bonds. The van der Waals surface area contributed by atoms with Gasteiger partial charge in [-0.05, 0) is 24.6 Å². The third-order valence-corrected chi connectivity index (χ3v) is 4.62. The zero-order valence-electron chi connectivity index (χ0n) is 15.9. The second kappa shape index (κ2) is 8.49. The van der Waals surface area contributed by atoms with Crippen LogP contribution in [0.25, 0.3) is 10.9 Å². The van der Waals surface area contributed by atoms with Gasteiger partial charge in [0.2, 0.25) is 6.54 Å². The van der Waals surface area contributed by atoms with Crippen LogP contribution in [0, 0.1) is 22.5 Å². The molecule has 0 fully saturated rings. The molecule has 2 aromatic carbocycles. The van der Waals surface area contributed by atoms with Crippen molar-refractivity contribution in [3.8, 4) is 23.8 Å². The molecular formula is C22H22N2O4. The Labute approximate surface area is 163 Å². The molecule has 0 N–H and O–H groups in total. The van der Waals surface area contributed by atoms with Gasteiger partial charge in [-0.15, -0.1) is 6.42 Å². The number of para-hydroxylation sites is 2. The van der Waals surface area contributed by atoms with Gasteiger partial charge in [-0.2, -0.15) is 0 Å². The van der Waals surface area contributed by atoms with Crippen LogP contribution in [0.15, 0.2) is 48.7 Å². The maximum Gasteiger partial charge on any atom is 0.214 e. The van der Waals surface area contributed by atoms with E-state index in [1.54, 1.807) is 6.07 Å². The number of benzene rings is 2. The molecule has 0 saturated carbocycles. The van der Waals surface area contributed by atoms with Crippen LogP contribution in [-0.2, 0) is 7.05 Å². The molecule has 0 radical (unpaired) electrons. The molecule has 1 atom stereocenters. The van der Waals surface area contributed by atoms with Crippen molar-refractivity contribution in [2.75, 3.05) is 19.8 Å². The van der Waals surface area contributed by atoms with Crippen molar-refractivity contribution in [2.24, 2.45) is 7.05 Å². The fraction of sp³-hybridized carbons (Fsp3) is 0.273. The largest absolute Gasteiger partial charge is 0.490 e. The van der Waals surface area contributed by atoms with Crippen LogP contribution in [0.2, 0.25) is 0 Å². The van der Waals surface area contributed by atoms with E-state index in [4.69, 9.17) is 15.9 Å². The van der Waals surface area contributed by atoms with Crippen molar-refractivity contribution in [2.45, 2.75) is 12.8 Å². The fourth-order valence-corrected chi connectivity index (χ4v) is 3.51. The molecular weight excluding hydrogens is 356 g/mol. The van der Waals surface area contributed by atoms with Crippen LogP contribution >= 0.6 is 0 Å². The first kappa shape index (κ1) is 19.3. The maximum absolute atomic E-state index is 11.5. The molecule has 6 heteroatoms. The van der Waals surface area contributed by atoms with E-state index in [-0.39, 0.29) is 18.1 Å². The summed E-state index contributed by atoms with van der Waals surface area (Å²) in [5.41, 5.74) is 2.57. The summed E-state index contributed by atoms with van der Waals surface area (Å²) in [6.45, 7) is 2.11. The molecule has 1 unspecified atom stereocenters. The summed E-state index contributed by atoms with van der Waals surface area (Å²) in [6.07, 6.45) is 7.31. The Morgan fingerprint density at radius 3 is 2.68 bits per heavy atom. The zero-order chi connectivity index (χ0) is 20.1. The van der Waals surface area contributed by atoms with Gasteiger partial charge in [0.1, 0.15) is 6.61 Å². The second-order valence-electron chi connectivity index (χ2n) is 6.38. The molecule has 3 aromatic rings. The van der Waals surface area contributed by atoms with Gasteiger partial charge in [-0.25, -0.2) is 0 Å². The van der Waals surface area contributed by atoms with E-state index in [1.807, 2.05) is 61.1 Å². The van der Waals surface area contributed by atoms with Crippen molar-refractivity contribution < 1.29 is 14.4 Å². The third kappa shape index (κ3) is 3.79. The van der Waals surface area contributed by atoms with Gasteiger partial charge < -0.3 is 14.0 Å². The summed E-state index contributed by atoms with van der Waals surface area (Å²) in [6, 6.07) is 13.3. The van der Waals surface area contributed by atoms with Crippen molar-refractivity contribution in [3.05, 3.63) is 69.9 Å². The van der Waals surface area contributed by atoms with Crippen molar-refractivity contribution >= 4 is 10.9 Å². The molecule has 28 heavy (non-hydrogen) atoms. The Hall–Kier alpha value is -3.46. The Kier molecular flexibility index (Phi) is 5.85. The Morgan fingerprint density at radius 2 is 1.96 bits per heavy atom. The maximum atomic E-state index is 11.5. The monoisotopic (exact) mass is 378 g/mol. The quantitative estimate of drug-likeness (QED) is 0.338. The minimum Gasteiger partial charge on any atom is -0.490 e. The number of terminal acetylenes is 1. The number of hydrogen-bond acceptors (Lipinski definition) is 4. The molecule has 144 valence electrons. The lowest BCUT2D eigenvalue weighted by atomic mass is 9.90. The van der Waals surface area contributed by atoms with Crippen LogP contribution in [0.3, 0.4) is 0 Å². The predicted octanol–water partition coefficient (Wildman–Crippen LogP) is 4.00. The highest BCUT2D eigenvalue weighted by atomic mass is 16.6. The number of aromatic nitrogens is 1. The number of aryl methyl sites for hydroxylation is 1. The van der Waals surface area contributed by atoms with Crippen molar-refractivity contribution in [1.82, 2.24) is 4.57 Å². The van der Waals surface area contributed by atoms with Gasteiger partial charge in [0.15, 0.2) is 11.5 Å². The molecule has 3 rings (SSSR count). The molecule has 1 aromatic heterocycles. The highest BCUT2D eigenvalue weighted by Crippen LogP contribution is 2.41. The van der Waals surface area contributed by atoms with Crippen LogP contribution in [0.4, 0.5) is 0 Å². The van der Waals surface area contributed by atoms with Gasteiger partial charge >= 0.3 is 0 Å². The highest BCUT2D eigenvalue weighted by molar-refractivity contribution is 5.85. The number of rotatable bonds is 8. The topological polar surface area (TPSA) is 66.5 Å². The van der Waals surface area contributed by atoms with Gasteiger partial charge in [0.05, 0.1) is 12.5 Å². The standard InChI is InChI=1S/C22H22N2O4/c1-4-13-28-22-17(10-8-12-21(22)27-5-2)19(15-24(25)26)18-14-23(3)20-11-7-6-9-16(18)20/h1,6-12,14,19H,5,13,15H2,2-3H3. The first-order valence-corrected chi connectivity index (χ1v) is 9.04. The van der Waals surface area contributed by atoms with E-state index in [0.717, 1.165) is 16.5 Å². The van der Waals surface area contributed by atoms with Gasteiger partial charge in [-0.3, -0.25) is 10.1 Å². The van der Waals surface area contributed by atoms with Gasteiger partial charge in [0, 0.05) is 34.6 Å². The molecule has 0 aliphatic rings. The SMILES string of the molecule is C#CCOc1c(OCC)cccc1C(C[N+](=O)[O-])c1cn(C)c2ccccc12. The van der Waals surface area contributed by atoms with Crippen LogP contribution in [-0.4, -0.2) is 29.2 Å². The molecule has 1 heterocycles. The lowest BCUT2D eigenvalue weighted by molar-refractivity contribution is -0.481. The average molecular weight is 378 g/mol. The highest BCUT2D eigenvalue weighted by Gasteiger charge is 2.28. The molecule has 0 aliphatic carbocycles. The summed E-state index contributed by atoms with van der Waals surface area (Å²) in [4.78, 5) is 11.2. The Bertz CT molecular complexity index is 1030. The summed E-state index contributed by atoms with van der Waals surface area (Å²) in [5, 5.41) is 12.5. The predicted molar refractivity (Wildman–Crippen MR) is 109 cm³/mol. The van der Waals surface area contributed by atoms with E-state index in [9.17, 15) is 10.1 Å². The van der Waals surface area contributed by atoms with E-state index >= 15 is 0 Å². The lowest BCUT2D eigenvalue weighted by Gasteiger charge is -2.19. The first-order valence-electron chi connectivity index (χ1n) is 9.04. The molecule has 0 bridgehead atoms. The van der Waals surface area contributed by atoms with E-state index in [0.29, 0.717) is 23.7 Å². The van der Waals surface area contributed by atoms with Crippen LogP contribution in [0.5, 0.6) is 11.5 Å². The lowest BCUT2D eigenvalue weighted by Crippen LogP contribution is -2.15. The summed E-state index contributed by atoms with van der Waals surface area (Å²) in [7, 11) is 1.93. The minimum absolute atomic E-state index is 0.0534. The van der Waals surface area contributed by atoms with Crippen LogP contribution in [0.1, 0.15) is 24.0 Å². The Balaban J connectivity index is 2.21. The smallest absolute Gasteiger partial charge is 0.214 e. The Morgan fingerprint density at radius 1 is 1.18 bits per heavy atom. The number of nitro groups is 1. The number of nitrogens with zero attached hydrogens (tertiary/aromatic N) is 2. The minimum atomic E-state index is -0.505. The van der Waals surface area contributed by atoms with Crippen molar-refractivity contribution in [3.63, 3.8) is 0 Å². The van der Waals surface area contributed by atoms with E-state index < -0.39 is 5.92 Å². The normalized spacial score (nSPS) is 11.8. The molecule has 0 spiro atoms. The van der Waals surface area contributed by atoms with Crippen molar-refractivity contribution in [1.29, 1.82) is 0 Å². The van der Waals surface area contributed by atoms with E-state index in [2.05, 4.69) is 5.92 Å². The van der Waals surface area contributed by atoms with E-state index in [1.165, 1.54) is 0 Å². The summed E-state index contributed by atoms with van der Waals surface area (Å²) >= 11 is 0. The third-order valence-electron chi connectivity index (χ3n) is 4.62. The first-order chi connectivity index (χ1) is 13.6. The number of ether oxygens (including phenoxy) is 2. The molecule has 6 nitrogen and oxygen atoms in total.